The number of nitrogens with zero attached hydrogens (tertiary/aromatic N) is 1. The van der Waals surface area contributed by atoms with Crippen molar-refractivity contribution in [2.75, 3.05) is 14.1 Å². The molecule has 0 amide bonds. The average Bonchev–Trinajstić information content (AvgIpc) is 1.95. The molecule has 0 aromatic carbocycles. The molecule has 2 unspecified atom stereocenters. The van der Waals surface area contributed by atoms with Gasteiger partial charge in [0.25, 0.3) is 0 Å². The number of rotatable bonds is 1. The van der Waals surface area contributed by atoms with Crippen LogP contribution >= 0.6 is 0 Å². The first-order valence-corrected chi connectivity index (χ1v) is 6.52. The van der Waals surface area contributed by atoms with Crippen LogP contribution in [-0.4, -0.2) is 24.5 Å². The second kappa shape index (κ2) is 2.61. The van der Waals surface area contributed by atoms with Gasteiger partial charge in [-0.2, -0.15) is 0 Å². The molecule has 0 N–H and O–H groups in total. The van der Waals surface area contributed by atoms with Crippen molar-refractivity contribution < 1.29 is 0 Å². The lowest BCUT2D eigenvalue weighted by Gasteiger charge is -2.67. The van der Waals surface area contributed by atoms with Gasteiger partial charge in [-0.25, -0.2) is 0 Å². The van der Waals surface area contributed by atoms with Crippen LogP contribution < -0.4 is 0 Å². The molecule has 4 bridgehead atoms. The molecule has 0 aromatic rings. The van der Waals surface area contributed by atoms with Crippen molar-refractivity contribution in [1.82, 2.24) is 4.90 Å². The van der Waals surface area contributed by atoms with Gasteiger partial charge in [0, 0.05) is 5.54 Å². The summed E-state index contributed by atoms with van der Waals surface area (Å²) in [4.78, 5) is 2.55. The van der Waals surface area contributed by atoms with Gasteiger partial charge in [-0.15, -0.1) is 0 Å². The van der Waals surface area contributed by atoms with Gasteiger partial charge < -0.3 is 4.90 Å². The van der Waals surface area contributed by atoms with Gasteiger partial charge in [0.05, 0.1) is 0 Å². The zero-order valence-electron chi connectivity index (χ0n) is 10.8. The zero-order valence-corrected chi connectivity index (χ0v) is 10.8. The third-order valence-corrected chi connectivity index (χ3v) is 5.55. The van der Waals surface area contributed by atoms with E-state index in [4.69, 9.17) is 0 Å². The van der Waals surface area contributed by atoms with Crippen LogP contribution in [0.2, 0.25) is 0 Å². The largest absolute Gasteiger partial charge is 0.304 e. The molecule has 4 aliphatic carbocycles. The Morgan fingerprint density at radius 1 is 0.867 bits per heavy atom. The van der Waals surface area contributed by atoms with Gasteiger partial charge >= 0.3 is 0 Å². The van der Waals surface area contributed by atoms with E-state index in [1.807, 2.05) is 0 Å². The molecule has 4 rings (SSSR count). The van der Waals surface area contributed by atoms with Crippen LogP contribution in [0.15, 0.2) is 0 Å². The second-order valence-electron chi connectivity index (χ2n) is 7.75. The van der Waals surface area contributed by atoms with E-state index in [1.54, 1.807) is 0 Å². The molecule has 1 heteroatoms. The zero-order chi connectivity index (χ0) is 10.9. The van der Waals surface area contributed by atoms with Gasteiger partial charge in [-0.05, 0) is 69.4 Å². The third kappa shape index (κ3) is 1.32. The summed E-state index contributed by atoms with van der Waals surface area (Å²) in [5.41, 5.74) is 1.89. The van der Waals surface area contributed by atoms with Crippen molar-refractivity contribution >= 4 is 0 Å². The Bertz CT molecular complexity index is 276. The molecular formula is C14H25N. The smallest absolute Gasteiger partial charge is 0.0216 e. The first-order valence-electron chi connectivity index (χ1n) is 6.52. The molecule has 0 radical (unpaired) electrons. The summed E-state index contributed by atoms with van der Waals surface area (Å²) < 4.78 is 0. The van der Waals surface area contributed by atoms with Crippen LogP contribution in [0.1, 0.15) is 52.4 Å². The molecule has 0 saturated heterocycles. The minimum atomic E-state index is 0.558. The van der Waals surface area contributed by atoms with Gasteiger partial charge in [-0.3, -0.25) is 0 Å². The Morgan fingerprint density at radius 3 is 1.80 bits per heavy atom. The fourth-order valence-electron chi connectivity index (χ4n) is 5.89. The van der Waals surface area contributed by atoms with Crippen LogP contribution in [0.25, 0.3) is 0 Å². The summed E-state index contributed by atoms with van der Waals surface area (Å²) in [6.45, 7) is 5.10. The van der Waals surface area contributed by atoms with E-state index >= 15 is 0 Å². The van der Waals surface area contributed by atoms with Gasteiger partial charge in [-0.1, -0.05) is 13.8 Å². The summed E-state index contributed by atoms with van der Waals surface area (Å²) >= 11 is 0. The lowest BCUT2D eigenvalue weighted by Crippen LogP contribution is -2.63. The van der Waals surface area contributed by atoms with E-state index < -0.39 is 0 Å². The molecule has 1 nitrogen and oxygen atoms in total. The van der Waals surface area contributed by atoms with Crippen molar-refractivity contribution in [3.05, 3.63) is 0 Å². The van der Waals surface area contributed by atoms with E-state index in [9.17, 15) is 0 Å². The molecule has 0 heterocycles. The number of hydrogen-bond acceptors (Lipinski definition) is 1. The maximum absolute atomic E-state index is 2.55. The van der Waals surface area contributed by atoms with Crippen molar-refractivity contribution in [2.45, 2.75) is 57.9 Å². The summed E-state index contributed by atoms with van der Waals surface area (Å²) in [6.07, 6.45) is 8.91. The molecule has 4 fully saturated rings. The number of hydrogen-bond donors (Lipinski definition) is 0. The van der Waals surface area contributed by atoms with Crippen molar-refractivity contribution in [3.8, 4) is 0 Å². The summed E-state index contributed by atoms with van der Waals surface area (Å²) in [6, 6.07) is 0. The van der Waals surface area contributed by atoms with Crippen molar-refractivity contribution in [3.63, 3.8) is 0 Å². The van der Waals surface area contributed by atoms with E-state index in [0.717, 1.165) is 5.92 Å². The summed E-state index contributed by atoms with van der Waals surface area (Å²) in [5, 5.41) is 0. The highest BCUT2D eigenvalue weighted by molar-refractivity contribution is 5.14. The average molecular weight is 207 g/mol. The molecule has 0 aliphatic heterocycles. The highest BCUT2D eigenvalue weighted by atomic mass is 15.2. The van der Waals surface area contributed by atoms with E-state index in [1.165, 1.54) is 38.5 Å². The minimum absolute atomic E-state index is 0.558. The predicted molar refractivity (Wildman–Crippen MR) is 63.8 cm³/mol. The van der Waals surface area contributed by atoms with E-state index in [2.05, 4.69) is 32.8 Å². The topological polar surface area (TPSA) is 3.24 Å². The SMILES string of the molecule is CN(C)C12CC3C[C@@](C)(C1)C[C@](C)(C3)C2. The van der Waals surface area contributed by atoms with E-state index in [-0.39, 0.29) is 0 Å². The van der Waals surface area contributed by atoms with Gasteiger partial charge in [0.1, 0.15) is 0 Å². The first-order chi connectivity index (χ1) is 6.85. The van der Waals surface area contributed by atoms with Crippen LogP contribution in [0.4, 0.5) is 0 Å². The standard InChI is InChI=1S/C14H25N/c1-12-5-11-6-13(2,8-12)10-14(7-11,9-12)15(3)4/h11H,5-10H2,1-4H3/t11?,12-,13+,14?. The molecule has 4 saturated carbocycles. The van der Waals surface area contributed by atoms with Crippen molar-refractivity contribution in [1.29, 1.82) is 0 Å². The van der Waals surface area contributed by atoms with Crippen LogP contribution in [-0.2, 0) is 0 Å². The quantitative estimate of drug-likeness (QED) is 0.637. The first kappa shape index (κ1) is 10.1. The third-order valence-electron chi connectivity index (χ3n) is 5.55. The van der Waals surface area contributed by atoms with Crippen LogP contribution in [0.3, 0.4) is 0 Å². The maximum Gasteiger partial charge on any atom is 0.0216 e. The molecule has 4 atom stereocenters. The molecule has 0 spiro atoms. The monoisotopic (exact) mass is 207 g/mol. The van der Waals surface area contributed by atoms with Gasteiger partial charge in [0.15, 0.2) is 0 Å². The molecular weight excluding hydrogens is 182 g/mol. The maximum atomic E-state index is 2.55. The summed E-state index contributed by atoms with van der Waals surface area (Å²) in [5.74, 6) is 1.03. The van der Waals surface area contributed by atoms with Gasteiger partial charge in [0.2, 0.25) is 0 Å². The Morgan fingerprint density at radius 2 is 1.40 bits per heavy atom. The molecule has 15 heavy (non-hydrogen) atoms. The van der Waals surface area contributed by atoms with Crippen LogP contribution in [0, 0.1) is 16.7 Å². The predicted octanol–water partition coefficient (Wildman–Crippen LogP) is 3.30. The van der Waals surface area contributed by atoms with Crippen LogP contribution in [0.5, 0.6) is 0 Å². The molecule has 86 valence electrons. The lowest BCUT2D eigenvalue weighted by molar-refractivity contribution is -0.150. The fraction of sp³-hybridized carbons (Fsp3) is 1.00. The normalized spacial score (nSPS) is 57.8. The minimum Gasteiger partial charge on any atom is -0.304 e. The Kier molecular flexibility index (Phi) is 1.77. The Hall–Kier alpha value is -0.0400. The lowest BCUT2D eigenvalue weighted by atomic mass is 9.42. The molecule has 4 aliphatic rings. The van der Waals surface area contributed by atoms with E-state index in [0.29, 0.717) is 16.4 Å². The fourth-order valence-corrected chi connectivity index (χ4v) is 5.89. The Balaban J connectivity index is 2.02. The Labute approximate surface area is 94.2 Å². The highest BCUT2D eigenvalue weighted by Gasteiger charge is 2.60. The summed E-state index contributed by atoms with van der Waals surface area (Å²) in [7, 11) is 4.61. The second-order valence-corrected chi connectivity index (χ2v) is 7.75. The van der Waals surface area contributed by atoms with Crippen molar-refractivity contribution in [2.24, 2.45) is 16.7 Å². The molecule has 0 aromatic heterocycles. The highest BCUT2D eigenvalue weighted by Crippen LogP contribution is 2.67.